The fourth-order valence-electron chi connectivity index (χ4n) is 2.69. The average Bonchev–Trinajstić information content (AvgIpc) is 3.21. The van der Waals surface area contributed by atoms with Gasteiger partial charge in [0.2, 0.25) is 12.0 Å². The molecule has 1 aromatic heterocycles. The number of para-hydroxylation sites is 2. The minimum atomic E-state index is -0.505. The molecule has 2 aromatic carbocycles. The Morgan fingerprint density at radius 1 is 1.14 bits per heavy atom. The van der Waals surface area contributed by atoms with E-state index in [9.17, 15) is 9.59 Å². The molecule has 0 saturated heterocycles. The molecule has 0 saturated carbocycles. The van der Waals surface area contributed by atoms with Gasteiger partial charge in [0, 0.05) is 11.3 Å². The second kappa shape index (κ2) is 8.36. The van der Waals surface area contributed by atoms with E-state index in [-0.39, 0.29) is 35.2 Å². The van der Waals surface area contributed by atoms with Crippen molar-refractivity contribution in [2.45, 2.75) is 18.3 Å². The quantitative estimate of drug-likeness (QED) is 0.485. The number of nitrogens with zero attached hydrogens (tertiary/aromatic N) is 2. The molecule has 1 amide bonds. The maximum absolute atomic E-state index is 12.2. The molecule has 1 aliphatic heterocycles. The third kappa shape index (κ3) is 4.57. The van der Waals surface area contributed by atoms with Crippen LogP contribution < -0.4 is 14.8 Å². The van der Waals surface area contributed by atoms with Gasteiger partial charge in [-0.1, -0.05) is 36.0 Å². The van der Waals surface area contributed by atoms with E-state index in [1.807, 2.05) is 18.2 Å². The van der Waals surface area contributed by atoms with Crippen molar-refractivity contribution in [1.29, 1.82) is 0 Å². The minimum absolute atomic E-state index is 0.0644. The van der Waals surface area contributed by atoms with Crippen LogP contribution in [0.5, 0.6) is 11.5 Å². The van der Waals surface area contributed by atoms with Gasteiger partial charge in [-0.15, -0.1) is 10.2 Å². The molecule has 3 aromatic rings. The Hall–Kier alpha value is -3.33. The number of carbonyl (C=O) groups excluding carboxylic acids is 2. The molecule has 0 bridgehead atoms. The van der Waals surface area contributed by atoms with Gasteiger partial charge in [0.15, 0.2) is 17.3 Å². The van der Waals surface area contributed by atoms with Crippen LogP contribution in [0.25, 0.3) is 0 Å². The zero-order valence-electron chi connectivity index (χ0n) is 15.5. The molecule has 0 aliphatic carbocycles. The van der Waals surface area contributed by atoms with Crippen molar-refractivity contribution < 1.29 is 23.5 Å². The number of Topliss-reactive ketones (excluding diaryl/α,β-unsaturated/α-hetero) is 1. The molecule has 8 nitrogen and oxygen atoms in total. The van der Waals surface area contributed by atoms with Gasteiger partial charge < -0.3 is 19.2 Å². The number of ketones is 1. The Morgan fingerprint density at radius 2 is 1.97 bits per heavy atom. The van der Waals surface area contributed by atoms with Crippen molar-refractivity contribution in [3.63, 3.8) is 0 Å². The van der Waals surface area contributed by atoms with Gasteiger partial charge in [-0.2, -0.15) is 0 Å². The molecule has 29 heavy (non-hydrogen) atoms. The number of carbonyl (C=O) groups is 2. The van der Waals surface area contributed by atoms with Crippen molar-refractivity contribution >= 4 is 29.1 Å². The summed E-state index contributed by atoms with van der Waals surface area (Å²) in [5.41, 5.74) is 1.09. The lowest BCUT2D eigenvalue weighted by Crippen LogP contribution is -2.21. The third-order valence-corrected chi connectivity index (χ3v) is 4.90. The summed E-state index contributed by atoms with van der Waals surface area (Å²) in [6.45, 7) is 1.74. The molecule has 2 heterocycles. The monoisotopic (exact) mass is 411 g/mol. The summed E-state index contributed by atoms with van der Waals surface area (Å²) in [4.78, 5) is 23.6. The normalized spacial score (nSPS) is 15.0. The van der Waals surface area contributed by atoms with Crippen LogP contribution in [0, 0.1) is 0 Å². The zero-order valence-corrected chi connectivity index (χ0v) is 16.3. The van der Waals surface area contributed by atoms with Crippen molar-refractivity contribution in [2.75, 3.05) is 17.7 Å². The number of benzene rings is 2. The molecule has 9 heteroatoms. The Bertz CT molecular complexity index is 1050. The Kier molecular flexibility index (Phi) is 5.48. The molecule has 0 unspecified atom stereocenters. The summed E-state index contributed by atoms with van der Waals surface area (Å²) in [5, 5.41) is 10.9. The number of hydrogen-bond acceptors (Lipinski definition) is 8. The van der Waals surface area contributed by atoms with Crippen LogP contribution in [0.3, 0.4) is 0 Å². The van der Waals surface area contributed by atoms with Crippen LogP contribution in [-0.2, 0) is 4.79 Å². The van der Waals surface area contributed by atoms with E-state index in [0.29, 0.717) is 22.7 Å². The van der Waals surface area contributed by atoms with Crippen LogP contribution in [0.15, 0.2) is 58.2 Å². The predicted molar refractivity (Wildman–Crippen MR) is 105 cm³/mol. The van der Waals surface area contributed by atoms with E-state index in [2.05, 4.69) is 15.5 Å². The Balaban J connectivity index is 1.32. The molecule has 4 rings (SSSR count). The number of anilines is 1. The maximum atomic E-state index is 12.2. The van der Waals surface area contributed by atoms with Gasteiger partial charge >= 0.3 is 0 Å². The number of nitrogens with one attached hydrogen (secondary N) is 1. The topological polar surface area (TPSA) is 104 Å². The highest BCUT2D eigenvalue weighted by Crippen LogP contribution is 2.35. The summed E-state index contributed by atoms with van der Waals surface area (Å²) in [7, 11) is 0. The molecule has 148 valence electrons. The van der Waals surface area contributed by atoms with Gasteiger partial charge in [-0.25, -0.2) is 0 Å². The molecule has 1 N–H and O–H groups in total. The molecule has 1 atom stereocenters. The lowest BCUT2D eigenvalue weighted by atomic mass is 10.1. The van der Waals surface area contributed by atoms with E-state index in [1.54, 1.807) is 30.3 Å². The smallest absolute Gasteiger partial charge is 0.277 e. The first-order chi connectivity index (χ1) is 14.1. The summed E-state index contributed by atoms with van der Waals surface area (Å²) in [5.74, 6) is 1.34. The number of rotatable bonds is 6. The Morgan fingerprint density at radius 3 is 2.79 bits per heavy atom. The SMILES string of the molecule is CC(=O)c1cccc(NC(=O)CSc2nnc([C@H]3COc4ccccc4O3)o2)c1. The summed E-state index contributed by atoms with van der Waals surface area (Å²) >= 11 is 1.11. The third-order valence-electron chi connectivity index (χ3n) is 4.09. The average molecular weight is 411 g/mol. The lowest BCUT2D eigenvalue weighted by molar-refractivity contribution is -0.113. The van der Waals surface area contributed by atoms with Gasteiger partial charge in [0.1, 0.15) is 6.61 Å². The van der Waals surface area contributed by atoms with Gasteiger partial charge in [0.05, 0.1) is 5.75 Å². The van der Waals surface area contributed by atoms with Crippen molar-refractivity contribution in [3.05, 3.63) is 60.0 Å². The number of fused-ring (bicyclic) bond motifs is 1. The van der Waals surface area contributed by atoms with Crippen molar-refractivity contribution in [1.82, 2.24) is 10.2 Å². The summed E-state index contributed by atoms with van der Waals surface area (Å²) in [6.07, 6.45) is -0.505. The van der Waals surface area contributed by atoms with Crippen LogP contribution in [0.1, 0.15) is 29.3 Å². The van der Waals surface area contributed by atoms with Gasteiger partial charge in [-0.3, -0.25) is 9.59 Å². The minimum Gasteiger partial charge on any atom is -0.485 e. The largest absolute Gasteiger partial charge is 0.485 e. The van der Waals surface area contributed by atoms with E-state index >= 15 is 0 Å². The molecule has 0 radical (unpaired) electrons. The van der Waals surface area contributed by atoms with Crippen molar-refractivity contribution in [2.24, 2.45) is 0 Å². The van der Waals surface area contributed by atoms with Crippen LogP contribution >= 0.6 is 11.8 Å². The number of hydrogen-bond donors (Lipinski definition) is 1. The maximum Gasteiger partial charge on any atom is 0.277 e. The Labute approximate surface area is 170 Å². The summed E-state index contributed by atoms with van der Waals surface area (Å²) in [6, 6.07) is 14.1. The first-order valence-corrected chi connectivity index (χ1v) is 9.82. The van der Waals surface area contributed by atoms with Gasteiger partial charge in [0.25, 0.3) is 11.1 Å². The van der Waals surface area contributed by atoms with Gasteiger partial charge in [-0.05, 0) is 31.2 Å². The fourth-order valence-corrected chi connectivity index (χ4v) is 3.26. The molecular weight excluding hydrogens is 394 g/mol. The first kappa shape index (κ1) is 19.0. The van der Waals surface area contributed by atoms with Crippen LogP contribution in [0.2, 0.25) is 0 Å². The van der Waals surface area contributed by atoms with Crippen molar-refractivity contribution in [3.8, 4) is 11.5 Å². The standard InChI is InChI=1S/C20H17N3O5S/c1-12(24)13-5-4-6-14(9-13)21-18(25)11-29-20-23-22-19(28-20)17-10-26-15-7-2-3-8-16(15)27-17/h2-9,17H,10-11H2,1H3,(H,21,25)/t17-/m1/s1. The number of amides is 1. The second-order valence-corrected chi connectivity index (χ2v) is 7.17. The van der Waals surface area contributed by atoms with E-state index in [0.717, 1.165) is 11.8 Å². The van der Waals surface area contributed by atoms with Crippen LogP contribution in [0.4, 0.5) is 5.69 Å². The first-order valence-electron chi connectivity index (χ1n) is 8.84. The van der Waals surface area contributed by atoms with E-state index < -0.39 is 6.10 Å². The molecule has 1 aliphatic rings. The fraction of sp³-hybridized carbons (Fsp3) is 0.200. The number of aromatic nitrogens is 2. The summed E-state index contributed by atoms with van der Waals surface area (Å²) < 4.78 is 17.1. The highest BCUT2D eigenvalue weighted by atomic mass is 32.2. The number of ether oxygens (including phenoxy) is 2. The molecule has 0 fully saturated rings. The highest BCUT2D eigenvalue weighted by molar-refractivity contribution is 7.99. The second-order valence-electron chi connectivity index (χ2n) is 6.24. The lowest BCUT2D eigenvalue weighted by Gasteiger charge is -2.23. The highest BCUT2D eigenvalue weighted by Gasteiger charge is 2.27. The zero-order chi connectivity index (χ0) is 20.2. The van der Waals surface area contributed by atoms with Crippen LogP contribution in [-0.4, -0.2) is 34.2 Å². The van der Waals surface area contributed by atoms with E-state index in [4.69, 9.17) is 13.9 Å². The van der Waals surface area contributed by atoms with E-state index in [1.165, 1.54) is 6.92 Å². The molecular formula is C20H17N3O5S. The predicted octanol–water partition coefficient (Wildman–Crippen LogP) is 3.52. The molecule has 0 spiro atoms. The number of thioether (sulfide) groups is 1.